The fraction of sp³-hybridized carbons (Fsp3) is 0.235. The first-order chi connectivity index (χ1) is 12.7. The molecule has 1 aromatic carbocycles. The Balaban J connectivity index is 2.12. The van der Waals surface area contributed by atoms with Crippen LogP contribution >= 0.6 is 0 Å². The van der Waals surface area contributed by atoms with E-state index >= 15 is 0 Å². The summed E-state index contributed by atoms with van der Waals surface area (Å²) in [6.07, 6.45) is -3.74. The first-order valence-corrected chi connectivity index (χ1v) is 7.57. The Morgan fingerprint density at radius 1 is 1.26 bits per heavy atom. The van der Waals surface area contributed by atoms with Crippen LogP contribution in [0, 0.1) is 0 Å². The summed E-state index contributed by atoms with van der Waals surface area (Å²) in [5, 5.41) is 12.7. The number of carbonyl (C=O) groups is 1. The number of hydrogen-bond donors (Lipinski definition) is 2. The third-order valence-corrected chi connectivity index (χ3v) is 3.36. The van der Waals surface area contributed by atoms with Crippen molar-refractivity contribution in [1.82, 2.24) is 4.98 Å². The van der Waals surface area contributed by atoms with Crippen LogP contribution < -0.4 is 14.9 Å². The monoisotopic (exact) mass is 383 g/mol. The molecule has 0 aliphatic rings. The molecule has 0 amide bonds. The lowest BCUT2D eigenvalue weighted by molar-refractivity contribution is -0.139. The molecule has 0 radical (unpaired) electrons. The van der Waals surface area contributed by atoms with E-state index in [2.05, 4.69) is 15.5 Å². The Morgan fingerprint density at radius 2 is 2.00 bits per heavy atom. The number of benzene rings is 1. The van der Waals surface area contributed by atoms with E-state index in [1.165, 1.54) is 19.2 Å². The van der Waals surface area contributed by atoms with E-state index < -0.39 is 24.3 Å². The molecular weight excluding hydrogens is 367 g/mol. The molecule has 27 heavy (non-hydrogen) atoms. The van der Waals surface area contributed by atoms with E-state index in [1.807, 2.05) is 0 Å². The van der Waals surface area contributed by atoms with Crippen molar-refractivity contribution in [1.29, 1.82) is 0 Å². The molecule has 2 N–H and O–H groups in total. The van der Waals surface area contributed by atoms with Crippen LogP contribution in [0.3, 0.4) is 0 Å². The molecule has 0 aliphatic heterocycles. The number of nitrogens with zero attached hydrogens (tertiary/aromatic N) is 2. The minimum Gasteiger partial charge on any atom is -0.493 e. The number of halogens is 3. The van der Waals surface area contributed by atoms with Crippen molar-refractivity contribution < 1.29 is 32.5 Å². The summed E-state index contributed by atoms with van der Waals surface area (Å²) in [5.41, 5.74) is 2.86. The summed E-state index contributed by atoms with van der Waals surface area (Å²) < 4.78 is 47.8. The summed E-state index contributed by atoms with van der Waals surface area (Å²) in [5.74, 6) is -0.396. The largest absolute Gasteiger partial charge is 0.493 e. The Morgan fingerprint density at radius 3 is 2.56 bits per heavy atom. The Kier molecular flexibility index (Phi) is 6.22. The molecule has 0 aliphatic carbocycles. The Hall–Kier alpha value is -3.30. The van der Waals surface area contributed by atoms with Crippen LogP contribution in [0.15, 0.2) is 41.6 Å². The molecule has 0 fully saturated rings. The van der Waals surface area contributed by atoms with Crippen molar-refractivity contribution in [2.24, 2.45) is 5.10 Å². The lowest BCUT2D eigenvalue weighted by Gasteiger charge is -2.11. The predicted octanol–water partition coefficient (Wildman–Crippen LogP) is 3.41. The van der Waals surface area contributed by atoms with Crippen molar-refractivity contribution in [3.05, 3.63) is 47.7 Å². The van der Waals surface area contributed by atoms with E-state index in [9.17, 15) is 18.0 Å². The maximum atomic E-state index is 12.5. The number of aliphatic carboxylic acids is 1. The number of ether oxygens (including phenoxy) is 2. The second-order valence-corrected chi connectivity index (χ2v) is 5.29. The fourth-order valence-electron chi connectivity index (χ4n) is 1.98. The molecule has 0 unspecified atom stereocenters. The maximum Gasteiger partial charge on any atom is 0.417 e. The van der Waals surface area contributed by atoms with Gasteiger partial charge in [-0.3, -0.25) is 5.43 Å². The van der Waals surface area contributed by atoms with Crippen molar-refractivity contribution in [2.75, 3.05) is 19.1 Å². The van der Waals surface area contributed by atoms with Crippen LogP contribution in [0.5, 0.6) is 11.5 Å². The molecule has 0 spiro atoms. The van der Waals surface area contributed by atoms with Crippen LogP contribution in [0.4, 0.5) is 19.0 Å². The van der Waals surface area contributed by atoms with Gasteiger partial charge in [0.1, 0.15) is 5.82 Å². The molecule has 0 saturated carbocycles. The molecule has 0 saturated heterocycles. The third-order valence-electron chi connectivity index (χ3n) is 3.36. The molecular formula is C17H16F3N3O4. The van der Waals surface area contributed by atoms with E-state index in [1.54, 1.807) is 19.1 Å². The molecule has 2 aromatic rings. The van der Waals surface area contributed by atoms with Crippen LogP contribution in [-0.4, -0.2) is 35.5 Å². The molecule has 1 heterocycles. The highest BCUT2D eigenvalue weighted by atomic mass is 19.4. The summed E-state index contributed by atoms with van der Waals surface area (Å²) in [4.78, 5) is 14.2. The normalized spacial score (nSPS) is 11.8. The van der Waals surface area contributed by atoms with Gasteiger partial charge >= 0.3 is 12.1 Å². The number of pyridine rings is 1. The number of nitrogens with one attached hydrogen (secondary N) is 1. The lowest BCUT2D eigenvalue weighted by atomic mass is 10.1. The molecule has 10 heteroatoms. The van der Waals surface area contributed by atoms with E-state index in [-0.39, 0.29) is 11.6 Å². The zero-order valence-corrected chi connectivity index (χ0v) is 14.4. The SMILES string of the molecule is COc1cc(/C(C)=N\Nc2ccc(C(F)(F)F)cn2)ccc1OCC(=O)O. The smallest absolute Gasteiger partial charge is 0.417 e. The predicted molar refractivity (Wildman–Crippen MR) is 91.2 cm³/mol. The van der Waals surface area contributed by atoms with Gasteiger partial charge in [-0.1, -0.05) is 0 Å². The van der Waals surface area contributed by atoms with Gasteiger partial charge in [0, 0.05) is 11.8 Å². The standard InChI is InChI=1S/C17H16F3N3O4/c1-10(22-23-15-6-4-12(8-21-15)17(18,19)20)11-3-5-13(14(7-11)26-2)27-9-16(24)25/h3-8H,9H2,1-2H3,(H,21,23)(H,24,25)/b22-10-. The number of hydrazone groups is 1. The summed E-state index contributed by atoms with van der Waals surface area (Å²) >= 11 is 0. The first kappa shape index (κ1) is 20.0. The number of hydrogen-bond acceptors (Lipinski definition) is 6. The van der Waals surface area contributed by atoms with Crippen LogP contribution in [0.1, 0.15) is 18.1 Å². The first-order valence-electron chi connectivity index (χ1n) is 7.57. The average molecular weight is 383 g/mol. The minimum atomic E-state index is -4.45. The van der Waals surface area contributed by atoms with Crippen molar-refractivity contribution in [2.45, 2.75) is 13.1 Å². The van der Waals surface area contributed by atoms with E-state index in [4.69, 9.17) is 14.6 Å². The number of methoxy groups -OCH3 is 1. The van der Waals surface area contributed by atoms with Gasteiger partial charge in [0.25, 0.3) is 0 Å². The van der Waals surface area contributed by atoms with E-state index in [0.29, 0.717) is 23.2 Å². The van der Waals surface area contributed by atoms with Crippen molar-refractivity contribution >= 4 is 17.5 Å². The zero-order chi connectivity index (χ0) is 20.0. The average Bonchev–Trinajstić information content (AvgIpc) is 2.63. The number of rotatable bonds is 7. The molecule has 7 nitrogen and oxygen atoms in total. The van der Waals surface area contributed by atoms with E-state index in [0.717, 1.165) is 6.07 Å². The van der Waals surface area contributed by atoms with Gasteiger partial charge in [-0.05, 0) is 37.3 Å². The fourth-order valence-corrected chi connectivity index (χ4v) is 1.98. The number of carboxylic acids is 1. The zero-order valence-electron chi connectivity index (χ0n) is 14.4. The molecule has 1 aromatic heterocycles. The molecule has 2 rings (SSSR count). The highest BCUT2D eigenvalue weighted by molar-refractivity contribution is 5.99. The van der Waals surface area contributed by atoms with Crippen LogP contribution in [0.25, 0.3) is 0 Å². The van der Waals surface area contributed by atoms with Gasteiger partial charge in [0.15, 0.2) is 18.1 Å². The van der Waals surface area contributed by atoms with Gasteiger partial charge in [-0.2, -0.15) is 18.3 Å². The quantitative estimate of drug-likeness (QED) is 0.562. The van der Waals surface area contributed by atoms with Gasteiger partial charge in [-0.15, -0.1) is 0 Å². The lowest BCUT2D eigenvalue weighted by Crippen LogP contribution is -2.10. The highest BCUT2D eigenvalue weighted by Crippen LogP contribution is 2.29. The molecule has 0 atom stereocenters. The van der Waals surface area contributed by atoms with Gasteiger partial charge in [0.2, 0.25) is 0 Å². The van der Waals surface area contributed by atoms with Crippen LogP contribution in [-0.2, 0) is 11.0 Å². The highest BCUT2D eigenvalue weighted by Gasteiger charge is 2.30. The third kappa shape index (κ3) is 5.59. The van der Waals surface area contributed by atoms with Gasteiger partial charge in [0.05, 0.1) is 18.4 Å². The van der Waals surface area contributed by atoms with Crippen molar-refractivity contribution in [3.8, 4) is 11.5 Å². The summed E-state index contributed by atoms with van der Waals surface area (Å²) in [7, 11) is 1.41. The number of carboxylic acid groups (broad SMARTS) is 1. The summed E-state index contributed by atoms with van der Waals surface area (Å²) in [6.45, 7) is 1.16. The number of alkyl halides is 3. The molecule has 144 valence electrons. The molecule has 0 bridgehead atoms. The van der Waals surface area contributed by atoms with Crippen LogP contribution in [0.2, 0.25) is 0 Å². The topological polar surface area (TPSA) is 93.0 Å². The van der Waals surface area contributed by atoms with Crippen molar-refractivity contribution in [3.63, 3.8) is 0 Å². The Bertz CT molecular complexity index is 836. The van der Waals surface area contributed by atoms with Gasteiger partial charge < -0.3 is 14.6 Å². The van der Waals surface area contributed by atoms with Gasteiger partial charge in [-0.25, -0.2) is 9.78 Å². The minimum absolute atomic E-state index is 0.149. The number of anilines is 1. The second-order valence-electron chi connectivity index (χ2n) is 5.29. The number of aromatic nitrogens is 1. The second kappa shape index (κ2) is 8.39. The Labute approximate surface area is 152 Å². The summed E-state index contributed by atoms with van der Waals surface area (Å²) in [6, 6.07) is 6.84. The maximum absolute atomic E-state index is 12.5.